The van der Waals surface area contributed by atoms with E-state index in [0.717, 1.165) is 9.21 Å². The van der Waals surface area contributed by atoms with Crippen LogP contribution in [0, 0.1) is 17.3 Å². The fourth-order valence-corrected chi connectivity index (χ4v) is 2.15. The number of amides is 2. The van der Waals surface area contributed by atoms with E-state index < -0.39 is 16.1 Å². The predicted octanol–water partition coefficient (Wildman–Crippen LogP) is 0.155. The van der Waals surface area contributed by atoms with E-state index in [0.29, 0.717) is 5.01 Å². The number of nitroso groups, excluding NO2 is 1. The molecule has 0 spiro atoms. The highest BCUT2D eigenvalue weighted by Gasteiger charge is 2.23. The van der Waals surface area contributed by atoms with Gasteiger partial charge in [-0.25, -0.2) is 17.5 Å². The molecule has 0 saturated carbocycles. The first kappa shape index (κ1) is 18.6. The monoisotopic (exact) mass is 324 g/mol. The van der Waals surface area contributed by atoms with Gasteiger partial charge in [0.1, 0.15) is 0 Å². The van der Waals surface area contributed by atoms with Gasteiger partial charge in [-0.1, -0.05) is 5.92 Å². The van der Waals surface area contributed by atoms with Gasteiger partial charge < -0.3 is 4.90 Å². The maximum absolute atomic E-state index is 11.9. The summed E-state index contributed by atoms with van der Waals surface area (Å²) in [5.41, 5.74) is 0. The number of urea groups is 1. The molecule has 0 fully saturated rings. The first-order valence-electron chi connectivity index (χ1n) is 5.59. The highest BCUT2D eigenvalue weighted by Crippen LogP contribution is 2.03. The minimum Gasteiger partial charge on any atom is -0.311 e. The molecule has 0 radical (unpaired) electrons. The van der Waals surface area contributed by atoms with Crippen molar-refractivity contribution >= 4 is 27.7 Å². The molecule has 10 heteroatoms. The second-order valence-corrected chi connectivity index (χ2v) is 6.58. The van der Waals surface area contributed by atoms with Crippen LogP contribution in [0.15, 0.2) is 5.29 Å². The van der Waals surface area contributed by atoms with Crippen LogP contribution in [0.25, 0.3) is 0 Å². The van der Waals surface area contributed by atoms with Crippen LogP contribution >= 0.6 is 11.6 Å². The summed E-state index contributed by atoms with van der Waals surface area (Å²) in [7, 11) is -0.704. The van der Waals surface area contributed by atoms with E-state index in [1.165, 1.54) is 14.1 Å². The smallest absolute Gasteiger partial charge is 0.311 e. The lowest BCUT2D eigenvalue weighted by Crippen LogP contribution is -2.44. The second kappa shape index (κ2) is 8.73. The van der Waals surface area contributed by atoms with Crippen molar-refractivity contribution in [3.05, 3.63) is 4.91 Å². The zero-order valence-corrected chi connectivity index (χ0v) is 12.9. The minimum atomic E-state index is -3.47. The van der Waals surface area contributed by atoms with Crippen molar-refractivity contribution in [1.29, 1.82) is 0 Å². The third-order valence-corrected chi connectivity index (χ3v) is 4.32. The van der Waals surface area contributed by atoms with Crippen molar-refractivity contribution < 1.29 is 13.2 Å². The van der Waals surface area contributed by atoms with Crippen LogP contribution in [-0.2, 0) is 10.0 Å². The van der Waals surface area contributed by atoms with Gasteiger partial charge in [0.05, 0.1) is 24.1 Å². The number of nitrogens with zero attached hydrogens (tertiary/aromatic N) is 4. The molecule has 0 aromatic rings. The number of carbonyl (C=O) groups excluding carboxylic acids is 1. The lowest BCUT2D eigenvalue weighted by atomic mass is 10.5. The Kier molecular flexibility index (Phi) is 8.13. The van der Waals surface area contributed by atoms with Gasteiger partial charge in [0.15, 0.2) is 0 Å². The molecule has 0 aliphatic carbocycles. The molecule has 8 nitrogen and oxygen atoms in total. The van der Waals surface area contributed by atoms with Gasteiger partial charge in [-0.2, -0.15) is 5.01 Å². The molecule has 20 heavy (non-hydrogen) atoms. The summed E-state index contributed by atoms with van der Waals surface area (Å²) in [6, 6.07) is -0.771. The minimum absolute atomic E-state index is 0.0252. The highest BCUT2D eigenvalue weighted by atomic mass is 35.5. The van der Waals surface area contributed by atoms with Crippen molar-refractivity contribution in [3.63, 3.8) is 0 Å². The van der Waals surface area contributed by atoms with E-state index >= 15 is 0 Å². The predicted molar refractivity (Wildman–Crippen MR) is 76.5 cm³/mol. The van der Waals surface area contributed by atoms with Crippen LogP contribution in [0.2, 0.25) is 0 Å². The van der Waals surface area contributed by atoms with Gasteiger partial charge in [-0.3, -0.25) is 0 Å². The molecule has 2 amide bonds. The summed E-state index contributed by atoms with van der Waals surface area (Å²) < 4.78 is 24.3. The van der Waals surface area contributed by atoms with Crippen LogP contribution in [0.5, 0.6) is 0 Å². The van der Waals surface area contributed by atoms with Crippen LogP contribution in [-0.4, -0.2) is 74.0 Å². The normalized spacial score (nSPS) is 10.9. The number of hydrogen-bond acceptors (Lipinski definition) is 5. The second-order valence-electron chi connectivity index (χ2n) is 3.90. The van der Waals surface area contributed by atoms with Gasteiger partial charge in [-0.05, 0) is 0 Å². The first-order valence-corrected chi connectivity index (χ1v) is 7.73. The maximum atomic E-state index is 11.9. The van der Waals surface area contributed by atoms with E-state index in [9.17, 15) is 18.1 Å². The average molecular weight is 325 g/mol. The summed E-state index contributed by atoms with van der Waals surface area (Å²) in [5, 5.41) is 3.14. The summed E-state index contributed by atoms with van der Waals surface area (Å²) in [6.07, 6.45) is 5.12. The number of halogens is 1. The summed E-state index contributed by atoms with van der Waals surface area (Å²) in [6.45, 7) is -0.348. The lowest BCUT2D eigenvalue weighted by Gasteiger charge is -2.24. The Morgan fingerprint density at radius 1 is 1.35 bits per heavy atom. The van der Waals surface area contributed by atoms with Crippen LogP contribution in [0.1, 0.15) is 0 Å². The summed E-state index contributed by atoms with van der Waals surface area (Å²) >= 11 is 5.44. The quantitative estimate of drug-likeness (QED) is 0.275. The average Bonchev–Trinajstić information content (AvgIpc) is 2.39. The fourth-order valence-electron chi connectivity index (χ4n) is 1.18. The van der Waals surface area contributed by atoms with Crippen LogP contribution < -0.4 is 0 Å². The number of terminal acetylenes is 1. The molecular weight excluding hydrogens is 308 g/mol. The van der Waals surface area contributed by atoms with Crippen molar-refractivity contribution in [2.75, 3.05) is 45.4 Å². The standard InChI is InChI=1S/C10H17ClN4O4S/c1-4-6-14(8-9-20(18,19)13(2)3)10(16)15(12-17)7-5-11/h1H,5-9H2,2-3H3. The zero-order chi connectivity index (χ0) is 15.8. The zero-order valence-electron chi connectivity index (χ0n) is 11.3. The van der Waals surface area contributed by atoms with Gasteiger partial charge in [0, 0.05) is 26.5 Å². The Bertz CT molecular complexity index is 474. The van der Waals surface area contributed by atoms with Gasteiger partial charge >= 0.3 is 6.03 Å². The first-order chi connectivity index (χ1) is 9.30. The van der Waals surface area contributed by atoms with E-state index in [-0.39, 0.29) is 31.3 Å². The van der Waals surface area contributed by atoms with Crippen molar-refractivity contribution in [1.82, 2.24) is 14.2 Å². The molecular formula is C10H17ClN4O4S. The van der Waals surface area contributed by atoms with E-state index in [4.69, 9.17) is 18.0 Å². The largest absolute Gasteiger partial charge is 0.343 e. The van der Waals surface area contributed by atoms with Gasteiger partial charge in [-0.15, -0.1) is 22.9 Å². The molecule has 0 saturated heterocycles. The molecule has 114 valence electrons. The Morgan fingerprint density at radius 3 is 2.35 bits per heavy atom. The van der Waals surface area contributed by atoms with Crippen molar-refractivity contribution in [2.24, 2.45) is 5.29 Å². The molecule has 0 aromatic heterocycles. The number of carbonyl (C=O) groups is 1. The highest BCUT2D eigenvalue weighted by molar-refractivity contribution is 7.89. The number of rotatable bonds is 8. The van der Waals surface area contributed by atoms with Gasteiger partial charge in [0.25, 0.3) is 0 Å². The third kappa shape index (κ3) is 5.73. The Balaban J connectivity index is 4.85. The van der Waals surface area contributed by atoms with E-state index in [2.05, 4.69) is 11.2 Å². The molecule has 0 N–H and O–H groups in total. The molecule has 0 bridgehead atoms. The molecule has 0 aliphatic heterocycles. The van der Waals surface area contributed by atoms with Crippen molar-refractivity contribution in [2.45, 2.75) is 0 Å². The van der Waals surface area contributed by atoms with Crippen molar-refractivity contribution in [3.8, 4) is 12.3 Å². The third-order valence-electron chi connectivity index (χ3n) is 2.34. The Morgan fingerprint density at radius 2 is 1.95 bits per heavy atom. The summed E-state index contributed by atoms with van der Waals surface area (Å²) in [5.74, 6) is 1.95. The Hall–Kier alpha value is -1.37. The fraction of sp³-hybridized carbons (Fsp3) is 0.700. The molecule has 0 atom stereocenters. The number of alkyl halides is 1. The van der Waals surface area contributed by atoms with E-state index in [1.54, 1.807) is 0 Å². The SMILES string of the molecule is C#CCN(CCS(=O)(=O)N(C)C)C(=O)N(CCCl)N=O. The van der Waals surface area contributed by atoms with Crippen LogP contribution in [0.3, 0.4) is 0 Å². The number of sulfonamides is 1. The molecule has 0 heterocycles. The lowest BCUT2D eigenvalue weighted by molar-refractivity contribution is 0.164. The molecule has 0 aliphatic rings. The molecule has 0 rings (SSSR count). The van der Waals surface area contributed by atoms with E-state index in [1.807, 2.05) is 0 Å². The Labute approximate surface area is 123 Å². The molecule has 0 unspecified atom stereocenters. The topological polar surface area (TPSA) is 90.4 Å². The number of hydrogen-bond donors (Lipinski definition) is 0. The van der Waals surface area contributed by atoms with Crippen LogP contribution in [0.4, 0.5) is 4.79 Å². The summed E-state index contributed by atoms with van der Waals surface area (Å²) in [4.78, 5) is 23.5. The maximum Gasteiger partial charge on any atom is 0.343 e. The molecule has 0 aromatic carbocycles. The van der Waals surface area contributed by atoms with Gasteiger partial charge in [0.2, 0.25) is 10.0 Å².